The van der Waals surface area contributed by atoms with E-state index in [2.05, 4.69) is 58.9 Å². The number of aryl methyl sites for hydroxylation is 1. The molecule has 0 amide bonds. The molecule has 2 heterocycles. The predicted molar refractivity (Wildman–Crippen MR) is 155 cm³/mol. The van der Waals surface area contributed by atoms with Crippen LogP contribution < -0.4 is 4.57 Å². The summed E-state index contributed by atoms with van der Waals surface area (Å²) in [5.74, 6) is -0.472. The average molecular weight is 598 g/mol. The van der Waals surface area contributed by atoms with Crippen molar-refractivity contribution in [2.75, 3.05) is 18.1 Å². The highest BCUT2D eigenvalue weighted by molar-refractivity contribution is 8.04. The molecule has 0 spiro atoms. The molecule has 1 aromatic heterocycles. The first-order chi connectivity index (χ1) is 18.0. The molecular formula is C26H33N2O6S4+. The number of hydrogen-bond donors (Lipinski definition) is 2. The van der Waals surface area contributed by atoms with E-state index in [1.807, 2.05) is 18.2 Å². The molecule has 1 aromatic carbocycles. The molecule has 2 atom stereocenters. The Morgan fingerprint density at radius 2 is 1.68 bits per heavy atom. The zero-order chi connectivity index (χ0) is 27.3. The van der Waals surface area contributed by atoms with Gasteiger partial charge in [-0.15, -0.1) is 0 Å². The Morgan fingerprint density at radius 3 is 2.42 bits per heavy atom. The Morgan fingerprint density at radius 1 is 1.00 bits per heavy atom. The van der Waals surface area contributed by atoms with Gasteiger partial charge in [-0.25, -0.2) is 0 Å². The molecule has 4 rings (SSSR count). The molecule has 12 heteroatoms. The van der Waals surface area contributed by atoms with E-state index in [0.29, 0.717) is 38.8 Å². The standard InChI is InChI=1S/C26H32N2O6S4/c1-20(18-25-27(14-6-8-16-37(29,30)31)21-10-2-4-12-23(21)35-25)19-26-28(15-7-9-17-38(32,33)34)22-11-3-5-13-24(22)36-26/h2-5,10-13,18-19,21,23H,6-9,14-17H2,1H3,(H-,29,30,31,32,33,34)/p+1. The van der Waals surface area contributed by atoms with Gasteiger partial charge in [-0.05, 0) is 43.9 Å². The van der Waals surface area contributed by atoms with E-state index < -0.39 is 20.2 Å². The molecule has 38 heavy (non-hydrogen) atoms. The summed E-state index contributed by atoms with van der Waals surface area (Å²) in [6.45, 7) is 3.39. The van der Waals surface area contributed by atoms with Crippen LogP contribution in [0, 0.1) is 0 Å². The molecule has 1 saturated heterocycles. The van der Waals surface area contributed by atoms with Crippen molar-refractivity contribution < 1.29 is 30.5 Å². The van der Waals surface area contributed by atoms with Gasteiger partial charge in [0.25, 0.3) is 25.2 Å². The minimum Gasteiger partial charge on any atom is -0.358 e. The first kappa shape index (κ1) is 29.0. The minimum atomic E-state index is -3.97. The molecule has 1 fully saturated rings. The number of rotatable bonds is 12. The van der Waals surface area contributed by atoms with Crippen LogP contribution in [0.15, 0.2) is 65.2 Å². The number of benzene rings is 1. The van der Waals surface area contributed by atoms with Crippen molar-refractivity contribution in [3.63, 3.8) is 0 Å². The summed E-state index contributed by atoms with van der Waals surface area (Å²) in [6, 6.07) is 8.33. The van der Waals surface area contributed by atoms with Gasteiger partial charge in [0.1, 0.15) is 4.70 Å². The van der Waals surface area contributed by atoms with E-state index in [4.69, 9.17) is 9.11 Å². The number of hydrogen-bond acceptors (Lipinski definition) is 7. The smallest absolute Gasteiger partial charge is 0.264 e. The van der Waals surface area contributed by atoms with Crippen molar-refractivity contribution in [3.05, 3.63) is 70.3 Å². The number of fused-ring (bicyclic) bond motifs is 2. The number of allylic oxidation sites excluding steroid dienone is 4. The van der Waals surface area contributed by atoms with Gasteiger partial charge in [0.05, 0.1) is 27.8 Å². The number of thiazole rings is 1. The van der Waals surface area contributed by atoms with Crippen LogP contribution in [-0.2, 0) is 26.8 Å². The lowest BCUT2D eigenvalue weighted by atomic mass is 10.1. The molecule has 2 aromatic rings. The van der Waals surface area contributed by atoms with Crippen molar-refractivity contribution in [2.24, 2.45) is 0 Å². The van der Waals surface area contributed by atoms with Gasteiger partial charge in [-0.2, -0.15) is 21.4 Å². The maximum atomic E-state index is 11.1. The van der Waals surface area contributed by atoms with Crippen LogP contribution in [0.25, 0.3) is 16.3 Å². The van der Waals surface area contributed by atoms with Gasteiger partial charge in [0.15, 0.2) is 6.54 Å². The van der Waals surface area contributed by atoms with E-state index in [1.54, 1.807) is 23.1 Å². The normalized spacial score (nSPS) is 21.1. The van der Waals surface area contributed by atoms with Gasteiger partial charge >= 0.3 is 0 Å². The van der Waals surface area contributed by atoms with Crippen molar-refractivity contribution in [1.82, 2.24) is 4.90 Å². The first-order valence-corrected chi connectivity index (χ1v) is 17.4. The van der Waals surface area contributed by atoms with E-state index >= 15 is 0 Å². The lowest BCUT2D eigenvalue weighted by molar-refractivity contribution is -0.669. The van der Waals surface area contributed by atoms with Crippen molar-refractivity contribution in [3.8, 4) is 0 Å². The van der Waals surface area contributed by atoms with Gasteiger partial charge in [-0.1, -0.05) is 59.5 Å². The maximum Gasteiger partial charge on any atom is 0.264 e. The number of unbranched alkanes of at least 4 members (excludes halogenated alkanes) is 2. The quantitative estimate of drug-likeness (QED) is 0.206. The van der Waals surface area contributed by atoms with E-state index in [9.17, 15) is 16.8 Å². The molecule has 1 aliphatic carbocycles. The highest BCUT2D eigenvalue weighted by Crippen LogP contribution is 2.42. The summed E-state index contributed by atoms with van der Waals surface area (Å²) in [4.78, 5) is 2.31. The molecule has 1 aliphatic heterocycles. The summed E-state index contributed by atoms with van der Waals surface area (Å²) in [5, 5.41) is 2.47. The molecular weight excluding hydrogens is 565 g/mol. The largest absolute Gasteiger partial charge is 0.358 e. The van der Waals surface area contributed by atoms with Gasteiger partial charge in [-0.3, -0.25) is 9.11 Å². The Bertz CT molecular complexity index is 1490. The highest BCUT2D eigenvalue weighted by Gasteiger charge is 2.35. The van der Waals surface area contributed by atoms with Gasteiger partial charge in [0, 0.05) is 25.1 Å². The second kappa shape index (κ2) is 12.5. The fourth-order valence-corrected chi connectivity index (χ4v) is 8.40. The molecule has 0 bridgehead atoms. The van der Waals surface area contributed by atoms with Crippen LogP contribution in [0.3, 0.4) is 0 Å². The van der Waals surface area contributed by atoms with Crippen LogP contribution in [0.2, 0.25) is 0 Å². The number of nitrogens with zero attached hydrogens (tertiary/aromatic N) is 2. The summed E-state index contributed by atoms with van der Waals surface area (Å²) in [7, 11) is -7.92. The van der Waals surface area contributed by atoms with Gasteiger partial charge < -0.3 is 4.90 Å². The van der Waals surface area contributed by atoms with Crippen LogP contribution >= 0.6 is 23.1 Å². The van der Waals surface area contributed by atoms with E-state index in [1.165, 1.54) is 0 Å². The van der Waals surface area contributed by atoms with Crippen molar-refractivity contribution in [1.29, 1.82) is 0 Å². The topological polar surface area (TPSA) is 116 Å². The Labute approximate surface area is 232 Å². The SMILES string of the molecule is CC(=C/c1sc2ccccc2[n+]1CCCCS(=O)(=O)O)/C=C1/SC2C=CC=CC2N1CCCCS(=O)(=O)O. The van der Waals surface area contributed by atoms with Crippen LogP contribution in [-0.4, -0.2) is 60.2 Å². The molecule has 0 radical (unpaired) electrons. The summed E-state index contributed by atoms with van der Waals surface area (Å²) >= 11 is 3.47. The fourth-order valence-electron chi connectivity index (χ4n) is 4.64. The number of thioether (sulfide) groups is 1. The Balaban J connectivity index is 1.55. The number of aromatic nitrogens is 1. The van der Waals surface area contributed by atoms with Crippen LogP contribution in [0.5, 0.6) is 0 Å². The Kier molecular flexibility index (Phi) is 9.53. The molecule has 2 aliphatic rings. The lowest BCUT2D eigenvalue weighted by Gasteiger charge is -2.27. The first-order valence-electron chi connectivity index (χ1n) is 12.5. The summed E-state index contributed by atoms with van der Waals surface area (Å²) in [5.41, 5.74) is 2.16. The predicted octanol–water partition coefficient (Wildman–Crippen LogP) is 4.68. The third-order valence-electron chi connectivity index (χ3n) is 6.38. The van der Waals surface area contributed by atoms with Crippen molar-refractivity contribution in [2.45, 2.75) is 50.4 Å². The summed E-state index contributed by atoms with van der Waals surface area (Å²) in [6.07, 6.45) is 14.8. The van der Waals surface area contributed by atoms with Gasteiger partial charge in [0.2, 0.25) is 5.52 Å². The second-order valence-corrected chi connectivity index (χ2v) is 14.9. The minimum absolute atomic E-state index is 0.201. The fraction of sp³-hybridized carbons (Fsp3) is 0.423. The monoisotopic (exact) mass is 597 g/mol. The second-order valence-electron chi connectivity index (χ2n) is 9.45. The molecule has 2 N–H and O–H groups in total. The zero-order valence-electron chi connectivity index (χ0n) is 21.1. The van der Waals surface area contributed by atoms with Crippen LogP contribution in [0.1, 0.15) is 37.6 Å². The molecule has 0 saturated carbocycles. The number of para-hydroxylation sites is 1. The Hall–Kier alpha value is -1.96. The summed E-state index contributed by atoms with van der Waals surface area (Å²) < 4.78 is 65.9. The molecule has 8 nitrogen and oxygen atoms in total. The van der Waals surface area contributed by atoms with Crippen molar-refractivity contribution >= 4 is 59.6 Å². The van der Waals surface area contributed by atoms with Crippen LogP contribution in [0.4, 0.5) is 0 Å². The van der Waals surface area contributed by atoms with E-state index in [0.717, 1.165) is 25.8 Å². The van der Waals surface area contributed by atoms with E-state index in [-0.39, 0.29) is 22.8 Å². The average Bonchev–Trinajstić information content (AvgIpc) is 3.35. The third-order valence-corrected chi connectivity index (χ3v) is 10.4. The molecule has 206 valence electrons. The highest BCUT2D eigenvalue weighted by atomic mass is 32.2. The molecule has 2 unspecified atom stereocenters. The lowest BCUT2D eigenvalue weighted by Crippen LogP contribution is -2.35. The third kappa shape index (κ3) is 8.03. The zero-order valence-corrected chi connectivity index (χ0v) is 24.4. The maximum absolute atomic E-state index is 11.1.